The van der Waals surface area contributed by atoms with Gasteiger partial charge in [0, 0.05) is 23.1 Å². The minimum atomic E-state index is -0.349. The number of ether oxygens (including phenoxy) is 2. The van der Waals surface area contributed by atoms with Gasteiger partial charge in [0.15, 0.2) is 11.5 Å². The number of hydrogen-bond donors (Lipinski definition) is 1. The molecule has 3 aromatic carbocycles. The molecular formula is C24H17FN2O3. The van der Waals surface area contributed by atoms with Crippen LogP contribution in [0.15, 0.2) is 72.8 Å². The molecule has 0 fully saturated rings. The summed E-state index contributed by atoms with van der Waals surface area (Å²) in [5, 5.41) is 3.55. The number of pyridine rings is 1. The summed E-state index contributed by atoms with van der Waals surface area (Å²) < 4.78 is 24.7. The number of fused-ring (bicyclic) bond motifs is 2. The number of carbonyl (C=O) groups excluding carboxylic acids is 1. The van der Waals surface area contributed by atoms with Gasteiger partial charge in [0.2, 0.25) is 6.79 Å². The van der Waals surface area contributed by atoms with Crippen LogP contribution in [0.1, 0.15) is 15.9 Å². The van der Waals surface area contributed by atoms with E-state index in [4.69, 9.17) is 14.5 Å². The van der Waals surface area contributed by atoms with Crippen LogP contribution in [-0.2, 0) is 6.54 Å². The van der Waals surface area contributed by atoms with E-state index in [2.05, 4.69) is 5.32 Å². The molecule has 0 saturated heterocycles. The number of benzene rings is 3. The molecule has 148 valence electrons. The Morgan fingerprint density at radius 2 is 1.77 bits per heavy atom. The fourth-order valence-electron chi connectivity index (χ4n) is 3.48. The summed E-state index contributed by atoms with van der Waals surface area (Å²) in [7, 11) is 0. The molecule has 0 spiro atoms. The third-order valence-corrected chi connectivity index (χ3v) is 5.03. The topological polar surface area (TPSA) is 60.5 Å². The number of para-hydroxylation sites is 1. The van der Waals surface area contributed by atoms with Crippen LogP contribution in [0.25, 0.3) is 22.2 Å². The van der Waals surface area contributed by atoms with Gasteiger partial charge in [-0.05, 0) is 36.4 Å². The monoisotopic (exact) mass is 400 g/mol. The predicted molar refractivity (Wildman–Crippen MR) is 111 cm³/mol. The Labute approximate surface area is 172 Å². The van der Waals surface area contributed by atoms with Crippen molar-refractivity contribution in [3.63, 3.8) is 0 Å². The van der Waals surface area contributed by atoms with Gasteiger partial charge >= 0.3 is 0 Å². The van der Waals surface area contributed by atoms with Gasteiger partial charge in [-0.15, -0.1) is 0 Å². The summed E-state index contributed by atoms with van der Waals surface area (Å²) in [6.45, 7) is 0.287. The van der Waals surface area contributed by atoms with Crippen LogP contribution in [0.4, 0.5) is 4.39 Å². The second kappa shape index (κ2) is 7.48. The number of amides is 1. The van der Waals surface area contributed by atoms with E-state index in [0.717, 1.165) is 10.9 Å². The van der Waals surface area contributed by atoms with Gasteiger partial charge in [-0.3, -0.25) is 4.79 Å². The molecule has 30 heavy (non-hydrogen) atoms. The lowest BCUT2D eigenvalue weighted by molar-refractivity contribution is 0.0952. The SMILES string of the molecule is O=C(NCc1ccccc1F)c1cc(-c2ccc3c(c2)OCO3)nc2ccccc12. The summed E-state index contributed by atoms with van der Waals surface area (Å²) >= 11 is 0. The van der Waals surface area contributed by atoms with Crippen LogP contribution >= 0.6 is 0 Å². The molecule has 0 atom stereocenters. The third-order valence-electron chi connectivity index (χ3n) is 5.03. The van der Waals surface area contributed by atoms with Gasteiger partial charge in [-0.25, -0.2) is 9.37 Å². The van der Waals surface area contributed by atoms with Crippen LogP contribution in [0.5, 0.6) is 11.5 Å². The van der Waals surface area contributed by atoms with Gasteiger partial charge in [0.1, 0.15) is 5.82 Å². The molecular weight excluding hydrogens is 383 g/mol. The molecule has 1 aliphatic rings. The second-order valence-corrected chi connectivity index (χ2v) is 6.91. The van der Waals surface area contributed by atoms with Gasteiger partial charge < -0.3 is 14.8 Å². The minimum absolute atomic E-state index is 0.0987. The standard InChI is InChI=1S/C24H17FN2O3/c25-19-7-3-1-5-16(19)13-26-24(28)18-12-21(27-20-8-4-2-6-17(18)20)15-9-10-22-23(11-15)30-14-29-22/h1-12H,13-14H2,(H,26,28). The first-order chi connectivity index (χ1) is 14.7. The van der Waals surface area contributed by atoms with E-state index in [0.29, 0.717) is 33.8 Å². The lowest BCUT2D eigenvalue weighted by Crippen LogP contribution is -2.23. The Hall–Kier alpha value is -3.93. The first-order valence-electron chi connectivity index (χ1n) is 9.50. The Kier molecular flexibility index (Phi) is 4.52. The van der Waals surface area contributed by atoms with E-state index in [1.165, 1.54) is 6.07 Å². The van der Waals surface area contributed by atoms with E-state index >= 15 is 0 Å². The smallest absolute Gasteiger partial charge is 0.252 e. The fraction of sp³-hybridized carbons (Fsp3) is 0.0833. The van der Waals surface area contributed by atoms with Gasteiger partial charge in [-0.1, -0.05) is 36.4 Å². The zero-order valence-corrected chi connectivity index (χ0v) is 15.9. The Balaban J connectivity index is 1.52. The largest absolute Gasteiger partial charge is 0.454 e. The highest BCUT2D eigenvalue weighted by Gasteiger charge is 2.17. The van der Waals surface area contributed by atoms with Crippen LogP contribution in [0.2, 0.25) is 0 Å². The second-order valence-electron chi connectivity index (χ2n) is 6.91. The van der Waals surface area contributed by atoms with Gasteiger partial charge in [0.25, 0.3) is 5.91 Å². The average Bonchev–Trinajstić information content (AvgIpc) is 3.25. The molecule has 0 unspecified atom stereocenters. The molecule has 0 bridgehead atoms. The molecule has 6 heteroatoms. The molecule has 0 aliphatic carbocycles. The lowest BCUT2D eigenvalue weighted by atomic mass is 10.0. The molecule has 0 radical (unpaired) electrons. The summed E-state index contributed by atoms with van der Waals surface area (Å²) in [6, 6.07) is 21.1. The van der Waals surface area contributed by atoms with Crippen LogP contribution in [-0.4, -0.2) is 17.7 Å². The van der Waals surface area contributed by atoms with Crippen molar-refractivity contribution in [3.8, 4) is 22.8 Å². The molecule has 5 rings (SSSR count). The summed E-state index contributed by atoms with van der Waals surface area (Å²) in [5.41, 5.74) is 3.06. The van der Waals surface area contributed by atoms with Crippen molar-refractivity contribution in [3.05, 3.63) is 89.7 Å². The Bertz CT molecular complexity index is 1270. The number of carbonyl (C=O) groups is 1. The summed E-state index contributed by atoms with van der Waals surface area (Å²) in [4.78, 5) is 17.7. The number of hydrogen-bond acceptors (Lipinski definition) is 4. The zero-order chi connectivity index (χ0) is 20.5. The van der Waals surface area contributed by atoms with Crippen molar-refractivity contribution in [1.29, 1.82) is 0 Å². The molecule has 5 nitrogen and oxygen atoms in total. The number of rotatable bonds is 4. The number of aromatic nitrogens is 1. The molecule has 1 N–H and O–H groups in total. The molecule has 4 aromatic rings. The lowest BCUT2D eigenvalue weighted by Gasteiger charge is -2.11. The molecule has 1 aromatic heterocycles. The zero-order valence-electron chi connectivity index (χ0n) is 15.9. The molecule has 1 amide bonds. The average molecular weight is 400 g/mol. The number of nitrogens with zero attached hydrogens (tertiary/aromatic N) is 1. The molecule has 0 saturated carbocycles. The van der Waals surface area contributed by atoms with Crippen LogP contribution < -0.4 is 14.8 Å². The van der Waals surface area contributed by atoms with Crippen LogP contribution in [0, 0.1) is 5.82 Å². The maximum absolute atomic E-state index is 13.9. The number of nitrogens with one attached hydrogen (secondary N) is 1. The minimum Gasteiger partial charge on any atom is -0.454 e. The highest BCUT2D eigenvalue weighted by atomic mass is 19.1. The highest BCUT2D eigenvalue weighted by molar-refractivity contribution is 6.07. The predicted octanol–water partition coefficient (Wildman–Crippen LogP) is 4.70. The van der Waals surface area contributed by atoms with E-state index < -0.39 is 0 Å². The van der Waals surface area contributed by atoms with Crippen molar-refractivity contribution in [2.45, 2.75) is 6.54 Å². The summed E-state index contributed by atoms with van der Waals surface area (Å²) in [6.07, 6.45) is 0. The van der Waals surface area contributed by atoms with Crippen molar-refractivity contribution >= 4 is 16.8 Å². The van der Waals surface area contributed by atoms with Crippen molar-refractivity contribution in [2.24, 2.45) is 0 Å². The normalized spacial score (nSPS) is 12.2. The summed E-state index contributed by atoms with van der Waals surface area (Å²) in [5.74, 6) is 0.688. The molecule has 2 heterocycles. The number of halogens is 1. The van der Waals surface area contributed by atoms with Crippen LogP contribution in [0.3, 0.4) is 0 Å². The van der Waals surface area contributed by atoms with E-state index in [1.807, 2.05) is 42.5 Å². The highest BCUT2D eigenvalue weighted by Crippen LogP contribution is 2.36. The van der Waals surface area contributed by atoms with E-state index in [-0.39, 0.29) is 25.1 Å². The van der Waals surface area contributed by atoms with E-state index in [9.17, 15) is 9.18 Å². The first kappa shape index (κ1) is 18.1. The first-order valence-corrected chi connectivity index (χ1v) is 9.50. The molecule has 1 aliphatic heterocycles. The van der Waals surface area contributed by atoms with Crippen molar-refractivity contribution < 1.29 is 18.7 Å². The maximum Gasteiger partial charge on any atom is 0.252 e. The van der Waals surface area contributed by atoms with Crippen molar-refractivity contribution in [1.82, 2.24) is 10.3 Å². The Morgan fingerprint density at radius 1 is 0.967 bits per heavy atom. The van der Waals surface area contributed by atoms with Crippen molar-refractivity contribution in [2.75, 3.05) is 6.79 Å². The fourth-order valence-corrected chi connectivity index (χ4v) is 3.48. The Morgan fingerprint density at radius 3 is 2.67 bits per heavy atom. The maximum atomic E-state index is 13.9. The quantitative estimate of drug-likeness (QED) is 0.539. The van der Waals surface area contributed by atoms with E-state index in [1.54, 1.807) is 24.3 Å². The third kappa shape index (κ3) is 3.33. The van der Waals surface area contributed by atoms with Gasteiger partial charge in [-0.2, -0.15) is 0 Å². The van der Waals surface area contributed by atoms with Gasteiger partial charge in [0.05, 0.1) is 16.8 Å².